The first-order valence-corrected chi connectivity index (χ1v) is 5.00. The lowest BCUT2D eigenvalue weighted by molar-refractivity contribution is 0.0978. The summed E-state index contributed by atoms with van der Waals surface area (Å²) in [5, 5.41) is -0.659. The summed E-state index contributed by atoms with van der Waals surface area (Å²) < 4.78 is 25.2. The van der Waals surface area contributed by atoms with E-state index in [0.29, 0.717) is 0 Å². The van der Waals surface area contributed by atoms with Gasteiger partial charge in [-0.2, -0.15) is 0 Å². The molecule has 0 aliphatic heterocycles. The molecule has 15 heavy (non-hydrogen) atoms. The zero-order valence-electron chi connectivity index (χ0n) is 7.81. The Morgan fingerprint density at radius 1 is 1.40 bits per heavy atom. The number of benzene rings is 1. The molecule has 0 N–H and O–H groups in total. The van der Waals surface area contributed by atoms with Crippen molar-refractivity contribution in [2.45, 2.75) is 18.7 Å². The van der Waals surface area contributed by atoms with E-state index < -0.39 is 17.6 Å². The molecule has 1 aromatic carbocycles. The van der Waals surface area contributed by atoms with Crippen LogP contribution in [0.15, 0.2) is 18.2 Å². The zero-order valence-corrected chi connectivity index (χ0v) is 9.32. The van der Waals surface area contributed by atoms with Crippen molar-refractivity contribution in [2.24, 2.45) is 0 Å². The van der Waals surface area contributed by atoms with Crippen LogP contribution in [0.3, 0.4) is 0 Å². The van der Waals surface area contributed by atoms with Gasteiger partial charge in [-0.25, -0.2) is 8.78 Å². The monoisotopic (exact) mass is 252 g/mol. The van der Waals surface area contributed by atoms with Gasteiger partial charge in [0.15, 0.2) is 5.78 Å². The molecule has 82 valence electrons. The van der Waals surface area contributed by atoms with Gasteiger partial charge in [-0.05, 0) is 25.1 Å². The van der Waals surface area contributed by atoms with E-state index in [1.54, 1.807) is 0 Å². The summed E-state index contributed by atoms with van der Waals surface area (Å²) in [6.45, 7) is 1.44. The van der Waals surface area contributed by atoms with Crippen LogP contribution in [0.4, 0.5) is 8.78 Å². The van der Waals surface area contributed by atoms with Crippen LogP contribution < -0.4 is 0 Å². The molecule has 5 heteroatoms. The van der Waals surface area contributed by atoms with E-state index in [1.807, 2.05) is 0 Å². The number of hydrogen-bond acceptors (Lipinski definition) is 1. The van der Waals surface area contributed by atoms with Crippen molar-refractivity contribution in [3.8, 4) is 0 Å². The van der Waals surface area contributed by atoms with Gasteiger partial charge >= 0.3 is 0 Å². The van der Waals surface area contributed by atoms with Crippen LogP contribution in [0.25, 0.3) is 0 Å². The van der Waals surface area contributed by atoms with Gasteiger partial charge in [0.05, 0.1) is 5.38 Å². The summed E-state index contributed by atoms with van der Waals surface area (Å²) in [5.74, 6) is -0.524. The van der Waals surface area contributed by atoms with Crippen LogP contribution in [0.2, 0.25) is 5.02 Å². The maximum Gasteiger partial charge on any atom is 0.264 e. The lowest BCUT2D eigenvalue weighted by Crippen LogP contribution is -2.13. The molecule has 0 aliphatic rings. The molecule has 0 amide bonds. The molecule has 0 saturated heterocycles. The van der Waals surface area contributed by atoms with Gasteiger partial charge in [0.1, 0.15) is 0 Å². The highest BCUT2D eigenvalue weighted by Gasteiger charge is 2.21. The first kappa shape index (κ1) is 12.4. The number of carbonyl (C=O) groups is 1. The van der Waals surface area contributed by atoms with Crippen molar-refractivity contribution < 1.29 is 13.6 Å². The van der Waals surface area contributed by atoms with Gasteiger partial charge in [-0.3, -0.25) is 4.79 Å². The van der Waals surface area contributed by atoms with Gasteiger partial charge < -0.3 is 0 Å². The average Bonchev–Trinajstić information content (AvgIpc) is 2.16. The molecule has 0 aromatic heterocycles. The molecule has 0 fully saturated rings. The second-order valence-corrected chi connectivity index (χ2v) is 4.10. The molecular formula is C10H8Cl2F2O. The molecule has 1 rings (SSSR count). The Labute approximate surface area is 96.0 Å². The molecule has 0 heterocycles. The lowest BCUT2D eigenvalue weighted by Gasteiger charge is -2.09. The van der Waals surface area contributed by atoms with Crippen molar-refractivity contribution in [3.63, 3.8) is 0 Å². The number of halogens is 4. The minimum absolute atomic E-state index is 0.0723. The summed E-state index contributed by atoms with van der Waals surface area (Å²) in [4.78, 5) is 11.5. The summed E-state index contributed by atoms with van der Waals surface area (Å²) in [7, 11) is 0. The van der Waals surface area contributed by atoms with E-state index >= 15 is 0 Å². The second-order valence-electron chi connectivity index (χ2n) is 3.01. The topological polar surface area (TPSA) is 17.1 Å². The Bertz CT molecular complexity index is 378. The predicted molar refractivity (Wildman–Crippen MR) is 56.1 cm³/mol. The SMILES string of the molecule is CC(Cl)C(=O)c1ccc(Cl)cc1C(F)F. The predicted octanol–water partition coefficient (Wildman–Crippen LogP) is 4.09. The first-order valence-electron chi connectivity index (χ1n) is 4.19. The standard InChI is InChI=1S/C10H8Cl2F2O/c1-5(11)9(15)7-3-2-6(12)4-8(7)10(13)14/h2-5,10H,1H3. The molecule has 1 aromatic rings. The number of alkyl halides is 3. The van der Waals surface area contributed by atoms with Gasteiger partial charge in [-0.1, -0.05) is 11.6 Å². The Morgan fingerprint density at radius 3 is 2.47 bits per heavy atom. The Kier molecular flexibility index (Phi) is 4.05. The molecule has 0 saturated carbocycles. The summed E-state index contributed by atoms with van der Waals surface area (Å²) >= 11 is 11.1. The molecule has 1 atom stereocenters. The largest absolute Gasteiger partial charge is 0.293 e. The summed E-state index contributed by atoms with van der Waals surface area (Å²) in [6, 6.07) is 3.74. The molecule has 1 nitrogen and oxygen atoms in total. The average molecular weight is 253 g/mol. The fraction of sp³-hybridized carbons (Fsp3) is 0.300. The van der Waals surface area contributed by atoms with Crippen LogP contribution in [0, 0.1) is 0 Å². The maximum atomic E-state index is 12.6. The van der Waals surface area contributed by atoms with E-state index in [1.165, 1.54) is 19.1 Å². The number of hydrogen-bond donors (Lipinski definition) is 0. The molecule has 1 unspecified atom stereocenters. The summed E-state index contributed by atoms with van der Waals surface area (Å²) in [5.41, 5.74) is -0.447. The van der Waals surface area contributed by atoms with Crippen LogP contribution in [-0.2, 0) is 0 Å². The van der Waals surface area contributed by atoms with E-state index in [9.17, 15) is 13.6 Å². The Balaban J connectivity index is 3.23. The van der Waals surface area contributed by atoms with Gasteiger partial charge in [0, 0.05) is 16.1 Å². The third-order valence-electron chi connectivity index (χ3n) is 1.88. The van der Waals surface area contributed by atoms with Crippen molar-refractivity contribution in [2.75, 3.05) is 0 Å². The smallest absolute Gasteiger partial charge is 0.264 e. The summed E-state index contributed by atoms with van der Waals surface area (Å²) in [6.07, 6.45) is -2.74. The highest BCUT2D eigenvalue weighted by atomic mass is 35.5. The van der Waals surface area contributed by atoms with Crippen molar-refractivity contribution in [1.29, 1.82) is 0 Å². The van der Waals surface area contributed by atoms with Crippen molar-refractivity contribution in [3.05, 3.63) is 34.3 Å². The van der Waals surface area contributed by atoms with Crippen molar-refractivity contribution in [1.82, 2.24) is 0 Å². The zero-order chi connectivity index (χ0) is 11.6. The highest BCUT2D eigenvalue weighted by Crippen LogP contribution is 2.27. The molecule has 0 aliphatic carbocycles. The number of carbonyl (C=O) groups excluding carboxylic acids is 1. The normalized spacial score (nSPS) is 12.9. The van der Waals surface area contributed by atoms with E-state index in [0.717, 1.165) is 6.07 Å². The maximum absolute atomic E-state index is 12.6. The second kappa shape index (κ2) is 4.90. The van der Waals surface area contributed by atoms with E-state index in [2.05, 4.69) is 0 Å². The number of Topliss-reactive ketones (excluding diaryl/α,β-unsaturated/α-hetero) is 1. The highest BCUT2D eigenvalue weighted by molar-refractivity contribution is 6.34. The van der Waals surface area contributed by atoms with Crippen molar-refractivity contribution >= 4 is 29.0 Å². The molecule has 0 bridgehead atoms. The lowest BCUT2D eigenvalue weighted by atomic mass is 10.0. The molecule has 0 spiro atoms. The first-order chi connectivity index (χ1) is 6.93. The minimum atomic E-state index is -2.74. The van der Waals surface area contributed by atoms with Crippen LogP contribution >= 0.6 is 23.2 Å². The fourth-order valence-electron chi connectivity index (χ4n) is 1.15. The van der Waals surface area contributed by atoms with Gasteiger partial charge in [0.2, 0.25) is 0 Å². The number of rotatable bonds is 3. The Hall–Kier alpha value is -0.670. The van der Waals surface area contributed by atoms with E-state index in [-0.39, 0.29) is 16.1 Å². The van der Waals surface area contributed by atoms with Crippen LogP contribution in [0.5, 0.6) is 0 Å². The third kappa shape index (κ3) is 2.89. The molecule has 0 radical (unpaired) electrons. The minimum Gasteiger partial charge on any atom is -0.293 e. The van der Waals surface area contributed by atoms with Gasteiger partial charge in [-0.15, -0.1) is 11.6 Å². The third-order valence-corrected chi connectivity index (χ3v) is 2.31. The quantitative estimate of drug-likeness (QED) is 0.585. The molecular weight excluding hydrogens is 245 g/mol. The van der Waals surface area contributed by atoms with E-state index in [4.69, 9.17) is 23.2 Å². The van der Waals surface area contributed by atoms with Crippen LogP contribution in [-0.4, -0.2) is 11.2 Å². The van der Waals surface area contributed by atoms with Gasteiger partial charge in [0.25, 0.3) is 6.43 Å². The number of ketones is 1. The fourth-order valence-corrected chi connectivity index (χ4v) is 1.45. The Morgan fingerprint density at radius 2 is 2.00 bits per heavy atom. The van der Waals surface area contributed by atoms with Crippen LogP contribution in [0.1, 0.15) is 29.3 Å².